The quantitative estimate of drug-likeness (QED) is 0.896. The molecule has 0 aliphatic carbocycles. The molecular weight excluding hydrogens is 246 g/mol. The van der Waals surface area contributed by atoms with Crippen LogP contribution < -0.4 is 10.5 Å². The van der Waals surface area contributed by atoms with Gasteiger partial charge in [-0.1, -0.05) is 35.9 Å². The third-order valence-corrected chi connectivity index (χ3v) is 3.78. The van der Waals surface area contributed by atoms with Gasteiger partial charge in [-0.2, -0.15) is 0 Å². The molecule has 106 valence electrons. The summed E-state index contributed by atoms with van der Waals surface area (Å²) < 4.78 is 5.23. The van der Waals surface area contributed by atoms with Crippen molar-refractivity contribution in [3.05, 3.63) is 64.7 Å². The van der Waals surface area contributed by atoms with Crippen LogP contribution in [0.5, 0.6) is 5.75 Å². The van der Waals surface area contributed by atoms with Gasteiger partial charge in [-0.05, 0) is 55.6 Å². The van der Waals surface area contributed by atoms with E-state index in [0.717, 1.165) is 12.2 Å². The van der Waals surface area contributed by atoms with Crippen molar-refractivity contribution in [2.24, 2.45) is 5.73 Å². The Bertz CT molecular complexity index is 560. The zero-order valence-corrected chi connectivity index (χ0v) is 12.5. The summed E-state index contributed by atoms with van der Waals surface area (Å²) in [6.45, 7) is 4.99. The van der Waals surface area contributed by atoms with E-state index in [4.69, 9.17) is 10.5 Å². The van der Waals surface area contributed by atoms with Crippen molar-refractivity contribution in [2.75, 3.05) is 13.7 Å². The first-order chi connectivity index (χ1) is 9.65. The van der Waals surface area contributed by atoms with Gasteiger partial charge in [-0.3, -0.25) is 0 Å². The number of rotatable bonds is 5. The summed E-state index contributed by atoms with van der Waals surface area (Å²) in [5, 5.41) is 0. The van der Waals surface area contributed by atoms with Crippen molar-refractivity contribution < 1.29 is 4.74 Å². The van der Waals surface area contributed by atoms with Crippen LogP contribution >= 0.6 is 0 Å². The summed E-state index contributed by atoms with van der Waals surface area (Å²) in [5.41, 5.74) is 11.1. The van der Waals surface area contributed by atoms with E-state index in [0.29, 0.717) is 12.5 Å². The minimum Gasteiger partial charge on any atom is -0.497 e. The molecule has 0 heterocycles. The van der Waals surface area contributed by atoms with E-state index < -0.39 is 0 Å². The van der Waals surface area contributed by atoms with E-state index in [1.807, 2.05) is 12.1 Å². The Kier molecular flexibility index (Phi) is 4.80. The number of hydrogen-bond donors (Lipinski definition) is 1. The molecule has 0 spiro atoms. The van der Waals surface area contributed by atoms with Crippen molar-refractivity contribution >= 4 is 0 Å². The first-order valence-corrected chi connectivity index (χ1v) is 7.07. The maximum Gasteiger partial charge on any atom is 0.118 e. The molecule has 2 aromatic carbocycles. The Balaban J connectivity index is 2.41. The van der Waals surface area contributed by atoms with Gasteiger partial charge in [-0.15, -0.1) is 0 Å². The average Bonchev–Trinajstić information content (AvgIpc) is 2.48. The van der Waals surface area contributed by atoms with Crippen LogP contribution in [0.25, 0.3) is 0 Å². The van der Waals surface area contributed by atoms with Crippen LogP contribution in [0.2, 0.25) is 0 Å². The second-order valence-electron chi connectivity index (χ2n) is 5.26. The number of nitrogens with two attached hydrogens (primary N) is 1. The molecule has 2 heteroatoms. The molecule has 2 aromatic rings. The molecule has 0 amide bonds. The third kappa shape index (κ3) is 3.20. The molecule has 2 nitrogen and oxygen atoms in total. The van der Waals surface area contributed by atoms with Crippen LogP contribution in [0.3, 0.4) is 0 Å². The highest BCUT2D eigenvalue weighted by molar-refractivity contribution is 5.41. The zero-order valence-electron chi connectivity index (χ0n) is 12.5. The van der Waals surface area contributed by atoms with E-state index >= 15 is 0 Å². The average molecular weight is 269 g/mol. The number of benzene rings is 2. The highest BCUT2D eigenvalue weighted by atomic mass is 16.5. The fraction of sp³-hybridized carbons (Fsp3) is 0.333. The van der Waals surface area contributed by atoms with Gasteiger partial charge in [0.25, 0.3) is 0 Å². The summed E-state index contributed by atoms with van der Waals surface area (Å²) >= 11 is 0. The molecular formula is C18H23NO. The van der Waals surface area contributed by atoms with Crippen molar-refractivity contribution in [3.8, 4) is 5.75 Å². The second kappa shape index (κ2) is 6.58. The molecule has 0 aromatic heterocycles. The minimum absolute atomic E-state index is 0.353. The maximum absolute atomic E-state index is 5.82. The van der Waals surface area contributed by atoms with Crippen LogP contribution in [-0.2, 0) is 0 Å². The Morgan fingerprint density at radius 1 is 1.05 bits per heavy atom. The number of ether oxygens (including phenoxy) is 1. The summed E-state index contributed by atoms with van der Waals surface area (Å²) in [7, 11) is 1.69. The lowest BCUT2D eigenvalue weighted by molar-refractivity contribution is 0.414. The Labute approximate surface area is 121 Å². The molecule has 0 radical (unpaired) electrons. The van der Waals surface area contributed by atoms with Gasteiger partial charge < -0.3 is 10.5 Å². The van der Waals surface area contributed by atoms with Gasteiger partial charge in [0.05, 0.1) is 7.11 Å². The van der Waals surface area contributed by atoms with E-state index in [9.17, 15) is 0 Å². The Morgan fingerprint density at radius 3 is 2.35 bits per heavy atom. The van der Waals surface area contributed by atoms with E-state index in [1.54, 1.807) is 7.11 Å². The van der Waals surface area contributed by atoms with Gasteiger partial charge in [-0.25, -0.2) is 0 Å². The number of methoxy groups -OCH3 is 1. The minimum atomic E-state index is 0.353. The van der Waals surface area contributed by atoms with Crippen LogP contribution in [0.4, 0.5) is 0 Å². The summed E-state index contributed by atoms with van der Waals surface area (Å²) in [6, 6.07) is 14.9. The molecule has 0 saturated carbocycles. The van der Waals surface area contributed by atoms with E-state index in [-0.39, 0.29) is 0 Å². The molecule has 20 heavy (non-hydrogen) atoms. The van der Waals surface area contributed by atoms with Gasteiger partial charge in [0.15, 0.2) is 0 Å². The van der Waals surface area contributed by atoms with Gasteiger partial charge in [0, 0.05) is 5.92 Å². The molecule has 0 bridgehead atoms. The van der Waals surface area contributed by atoms with Gasteiger partial charge in [0.2, 0.25) is 0 Å². The summed E-state index contributed by atoms with van der Waals surface area (Å²) in [4.78, 5) is 0. The molecule has 2 N–H and O–H groups in total. The van der Waals surface area contributed by atoms with Crippen molar-refractivity contribution in [1.82, 2.24) is 0 Å². The highest BCUT2D eigenvalue weighted by Gasteiger charge is 2.15. The molecule has 0 fully saturated rings. The summed E-state index contributed by atoms with van der Waals surface area (Å²) in [6.07, 6.45) is 0.955. The lowest BCUT2D eigenvalue weighted by Crippen LogP contribution is -2.10. The van der Waals surface area contributed by atoms with E-state index in [2.05, 4.69) is 44.2 Å². The second-order valence-corrected chi connectivity index (χ2v) is 5.26. The fourth-order valence-corrected chi connectivity index (χ4v) is 2.64. The largest absolute Gasteiger partial charge is 0.497 e. The fourth-order valence-electron chi connectivity index (χ4n) is 2.64. The first-order valence-electron chi connectivity index (χ1n) is 7.07. The lowest BCUT2D eigenvalue weighted by atomic mass is 9.85. The number of hydrogen-bond acceptors (Lipinski definition) is 2. The normalized spacial score (nSPS) is 12.2. The van der Waals surface area contributed by atoms with Crippen LogP contribution in [0.1, 0.15) is 34.6 Å². The van der Waals surface area contributed by atoms with Crippen LogP contribution in [-0.4, -0.2) is 13.7 Å². The monoisotopic (exact) mass is 269 g/mol. The molecule has 0 saturated heterocycles. The van der Waals surface area contributed by atoms with Gasteiger partial charge in [0.1, 0.15) is 5.75 Å². The predicted molar refractivity (Wildman–Crippen MR) is 84.4 cm³/mol. The maximum atomic E-state index is 5.82. The Hall–Kier alpha value is -1.80. The Morgan fingerprint density at radius 2 is 1.75 bits per heavy atom. The third-order valence-electron chi connectivity index (χ3n) is 3.78. The van der Waals surface area contributed by atoms with Gasteiger partial charge >= 0.3 is 0 Å². The van der Waals surface area contributed by atoms with Crippen LogP contribution in [0, 0.1) is 13.8 Å². The van der Waals surface area contributed by atoms with Crippen molar-refractivity contribution in [2.45, 2.75) is 26.2 Å². The molecule has 1 unspecified atom stereocenters. The molecule has 0 aliphatic rings. The SMILES string of the molecule is COc1ccc(C(CCN)c2cc(C)ccc2C)cc1. The molecule has 2 rings (SSSR count). The highest BCUT2D eigenvalue weighted by Crippen LogP contribution is 2.31. The molecule has 0 aliphatic heterocycles. The predicted octanol–water partition coefficient (Wildman–Crippen LogP) is 3.79. The standard InChI is InChI=1S/C18H23NO/c1-13-4-5-14(2)18(12-13)17(10-11-19)15-6-8-16(20-3)9-7-15/h4-9,12,17H,10-11,19H2,1-3H3. The zero-order chi connectivity index (χ0) is 14.5. The molecule has 1 atom stereocenters. The lowest BCUT2D eigenvalue weighted by Gasteiger charge is -2.20. The van der Waals surface area contributed by atoms with Crippen molar-refractivity contribution in [1.29, 1.82) is 0 Å². The number of aryl methyl sites for hydroxylation is 2. The van der Waals surface area contributed by atoms with Crippen LogP contribution in [0.15, 0.2) is 42.5 Å². The van der Waals surface area contributed by atoms with Crippen molar-refractivity contribution in [3.63, 3.8) is 0 Å². The first kappa shape index (κ1) is 14.6. The van der Waals surface area contributed by atoms with E-state index in [1.165, 1.54) is 22.3 Å². The smallest absolute Gasteiger partial charge is 0.118 e. The summed E-state index contributed by atoms with van der Waals surface area (Å²) in [5.74, 6) is 1.24. The topological polar surface area (TPSA) is 35.2 Å².